The lowest BCUT2D eigenvalue weighted by molar-refractivity contribution is 0.181. The Morgan fingerprint density at radius 1 is 1.40 bits per heavy atom. The molecule has 0 spiro atoms. The minimum absolute atomic E-state index is 0.253. The Bertz CT molecular complexity index is 348. The molecule has 1 saturated heterocycles. The molecule has 0 radical (unpaired) electrons. The molecule has 15 heavy (non-hydrogen) atoms. The summed E-state index contributed by atoms with van der Waals surface area (Å²) in [5, 5.41) is 3.08. The molecule has 1 N–H and O–H groups in total. The zero-order valence-corrected chi connectivity index (χ0v) is 8.69. The summed E-state index contributed by atoms with van der Waals surface area (Å²) >= 11 is 0. The van der Waals surface area contributed by atoms with E-state index < -0.39 is 0 Å². The molecule has 4 heteroatoms. The van der Waals surface area contributed by atoms with Crippen LogP contribution in [0.25, 0.3) is 0 Å². The van der Waals surface area contributed by atoms with Gasteiger partial charge in [0.15, 0.2) is 0 Å². The van der Waals surface area contributed by atoms with Crippen molar-refractivity contribution in [2.75, 3.05) is 25.1 Å². The molecule has 4 nitrogen and oxygen atoms in total. The predicted octanol–water partition coefficient (Wildman–Crippen LogP) is 1.36. The van der Waals surface area contributed by atoms with Crippen LogP contribution < -0.4 is 10.2 Å². The molecule has 1 amide bonds. The minimum atomic E-state index is -0.253. The molecular formula is C11H14N2O2. The molecule has 1 aromatic rings. The van der Waals surface area contributed by atoms with Crippen LogP contribution in [0, 0.1) is 0 Å². The molecule has 80 valence electrons. The van der Waals surface area contributed by atoms with E-state index >= 15 is 0 Å². The number of cyclic esters (lactones) is 1. The van der Waals surface area contributed by atoms with Crippen molar-refractivity contribution in [2.45, 2.75) is 6.54 Å². The maximum atomic E-state index is 11.3. The number of nitrogens with one attached hydrogen (secondary N) is 1. The lowest BCUT2D eigenvalue weighted by Gasteiger charge is -2.12. The summed E-state index contributed by atoms with van der Waals surface area (Å²) in [6.07, 6.45) is -0.253. The van der Waals surface area contributed by atoms with Gasteiger partial charge in [-0.1, -0.05) is 12.1 Å². The van der Waals surface area contributed by atoms with E-state index in [0.717, 1.165) is 12.2 Å². The third-order valence-corrected chi connectivity index (χ3v) is 2.39. The Kier molecular flexibility index (Phi) is 2.87. The standard InChI is InChI=1S/C11H14N2O2/c1-12-8-9-2-4-10(5-3-9)13-6-7-15-11(13)14/h2-5,12H,6-8H2,1H3. The van der Waals surface area contributed by atoms with Crippen molar-refractivity contribution in [2.24, 2.45) is 0 Å². The van der Waals surface area contributed by atoms with Gasteiger partial charge in [0.2, 0.25) is 0 Å². The lowest BCUT2D eigenvalue weighted by atomic mass is 10.2. The first-order chi connectivity index (χ1) is 7.31. The highest BCUT2D eigenvalue weighted by Gasteiger charge is 2.22. The molecule has 1 aliphatic rings. The number of carbonyl (C=O) groups excluding carboxylic acids is 1. The molecule has 2 rings (SSSR count). The van der Waals surface area contributed by atoms with Crippen LogP contribution in [0.4, 0.5) is 10.5 Å². The van der Waals surface area contributed by atoms with Gasteiger partial charge in [-0.15, -0.1) is 0 Å². The van der Waals surface area contributed by atoms with Crippen LogP contribution in [0.3, 0.4) is 0 Å². The maximum Gasteiger partial charge on any atom is 0.414 e. The third kappa shape index (κ3) is 2.10. The van der Waals surface area contributed by atoms with Crippen LogP contribution in [0.1, 0.15) is 5.56 Å². The van der Waals surface area contributed by atoms with Gasteiger partial charge in [0, 0.05) is 12.2 Å². The zero-order valence-electron chi connectivity index (χ0n) is 8.69. The minimum Gasteiger partial charge on any atom is -0.447 e. The van der Waals surface area contributed by atoms with Gasteiger partial charge in [0.05, 0.1) is 6.54 Å². The summed E-state index contributed by atoms with van der Waals surface area (Å²) in [5.74, 6) is 0. The fraction of sp³-hybridized carbons (Fsp3) is 0.364. The van der Waals surface area contributed by atoms with Crippen LogP contribution in [-0.2, 0) is 11.3 Å². The van der Waals surface area contributed by atoms with E-state index in [0.29, 0.717) is 13.2 Å². The van der Waals surface area contributed by atoms with Gasteiger partial charge < -0.3 is 10.1 Å². The van der Waals surface area contributed by atoms with Crippen molar-refractivity contribution >= 4 is 11.8 Å². The largest absolute Gasteiger partial charge is 0.447 e. The Morgan fingerprint density at radius 3 is 2.67 bits per heavy atom. The van der Waals surface area contributed by atoms with Gasteiger partial charge in [-0.2, -0.15) is 0 Å². The number of ether oxygens (including phenoxy) is 1. The molecule has 0 saturated carbocycles. The second kappa shape index (κ2) is 4.31. The maximum absolute atomic E-state index is 11.3. The van der Waals surface area contributed by atoms with Crippen molar-refractivity contribution in [3.05, 3.63) is 29.8 Å². The summed E-state index contributed by atoms with van der Waals surface area (Å²) in [6, 6.07) is 7.91. The highest BCUT2D eigenvalue weighted by atomic mass is 16.6. The Labute approximate surface area is 88.8 Å². The molecule has 1 fully saturated rings. The summed E-state index contributed by atoms with van der Waals surface area (Å²) < 4.78 is 4.87. The number of hydrogen-bond donors (Lipinski definition) is 1. The van der Waals surface area contributed by atoms with Crippen molar-refractivity contribution in [3.63, 3.8) is 0 Å². The molecule has 0 aromatic heterocycles. The molecule has 0 atom stereocenters. The first kappa shape index (κ1) is 9.98. The van der Waals surface area contributed by atoms with Crippen molar-refractivity contribution < 1.29 is 9.53 Å². The molecule has 0 unspecified atom stereocenters. The summed E-state index contributed by atoms with van der Waals surface area (Å²) in [6.45, 7) is 1.96. The molecule has 1 heterocycles. The van der Waals surface area contributed by atoms with Crippen molar-refractivity contribution in [1.82, 2.24) is 5.32 Å². The molecule has 0 aliphatic carbocycles. The van der Waals surface area contributed by atoms with Crippen molar-refractivity contribution in [1.29, 1.82) is 0 Å². The van der Waals surface area contributed by atoms with E-state index in [9.17, 15) is 4.79 Å². The number of anilines is 1. The third-order valence-electron chi connectivity index (χ3n) is 2.39. The summed E-state index contributed by atoms with van der Waals surface area (Å²) in [7, 11) is 1.91. The van der Waals surface area contributed by atoms with Crippen LogP contribution in [-0.4, -0.2) is 26.3 Å². The topological polar surface area (TPSA) is 41.6 Å². The molecule has 0 bridgehead atoms. The van der Waals surface area contributed by atoms with Crippen LogP contribution in [0.5, 0.6) is 0 Å². The van der Waals surface area contributed by atoms with E-state index in [1.807, 2.05) is 31.3 Å². The number of rotatable bonds is 3. The smallest absolute Gasteiger partial charge is 0.414 e. The number of carbonyl (C=O) groups is 1. The van der Waals surface area contributed by atoms with Gasteiger partial charge in [-0.25, -0.2) is 4.79 Å². The predicted molar refractivity (Wildman–Crippen MR) is 57.9 cm³/mol. The Morgan fingerprint density at radius 2 is 2.13 bits per heavy atom. The second-order valence-electron chi connectivity index (χ2n) is 3.46. The Balaban J connectivity index is 2.12. The van der Waals surface area contributed by atoms with Gasteiger partial charge in [-0.05, 0) is 24.7 Å². The number of benzene rings is 1. The summed E-state index contributed by atoms with van der Waals surface area (Å²) in [5.41, 5.74) is 2.10. The van der Waals surface area contributed by atoms with Crippen molar-refractivity contribution in [3.8, 4) is 0 Å². The van der Waals surface area contributed by atoms with E-state index in [1.165, 1.54) is 5.56 Å². The van der Waals surface area contributed by atoms with E-state index in [1.54, 1.807) is 4.90 Å². The molecule has 1 aliphatic heterocycles. The number of hydrogen-bond acceptors (Lipinski definition) is 3. The fourth-order valence-corrected chi connectivity index (χ4v) is 1.63. The summed E-state index contributed by atoms with van der Waals surface area (Å²) in [4.78, 5) is 12.9. The number of nitrogens with zero attached hydrogens (tertiary/aromatic N) is 1. The Hall–Kier alpha value is -1.55. The first-order valence-electron chi connectivity index (χ1n) is 4.99. The monoisotopic (exact) mass is 206 g/mol. The zero-order chi connectivity index (χ0) is 10.7. The molecular weight excluding hydrogens is 192 g/mol. The first-order valence-corrected chi connectivity index (χ1v) is 4.99. The highest BCUT2D eigenvalue weighted by Crippen LogP contribution is 2.18. The van der Waals surface area contributed by atoms with Gasteiger partial charge in [0.25, 0.3) is 0 Å². The van der Waals surface area contributed by atoms with Crippen LogP contribution in [0.2, 0.25) is 0 Å². The van der Waals surface area contributed by atoms with Gasteiger partial charge in [-0.3, -0.25) is 4.90 Å². The van der Waals surface area contributed by atoms with E-state index in [4.69, 9.17) is 4.74 Å². The SMILES string of the molecule is CNCc1ccc(N2CCOC2=O)cc1. The highest BCUT2D eigenvalue weighted by molar-refractivity contribution is 5.89. The van der Waals surface area contributed by atoms with E-state index in [2.05, 4.69) is 5.32 Å². The average Bonchev–Trinajstić information content (AvgIpc) is 2.66. The lowest BCUT2D eigenvalue weighted by Crippen LogP contribution is -2.23. The number of amides is 1. The van der Waals surface area contributed by atoms with Gasteiger partial charge in [0.1, 0.15) is 6.61 Å². The van der Waals surface area contributed by atoms with Gasteiger partial charge >= 0.3 is 6.09 Å². The average molecular weight is 206 g/mol. The van der Waals surface area contributed by atoms with Crippen LogP contribution >= 0.6 is 0 Å². The fourth-order valence-electron chi connectivity index (χ4n) is 1.63. The van der Waals surface area contributed by atoms with E-state index in [-0.39, 0.29) is 6.09 Å². The quantitative estimate of drug-likeness (QED) is 0.812. The van der Waals surface area contributed by atoms with Crippen LogP contribution in [0.15, 0.2) is 24.3 Å². The molecule has 1 aromatic carbocycles. The second-order valence-corrected chi connectivity index (χ2v) is 3.46. The normalized spacial score (nSPS) is 15.5.